The van der Waals surface area contributed by atoms with Crippen LogP contribution in [0.3, 0.4) is 0 Å². The lowest BCUT2D eigenvalue weighted by Crippen LogP contribution is -2.04. The average molecular weight is 237 g/mol. The molecule has 15 heavy (non-hydrogen) atoms. The highest BCUT2D eigenvalue weighted by Gasteiger charge is 2.08. The first-order valence-electron chi connectivity index (χ1n) is 4.86. The van der Waals surface area contributed by atoms with Gasteiger partial charge in [0.05, 0.1) is 0 Å². The molecule has 0 heterocycles. The molecule has 0 N–H and O–H groups in total. The van der Waals surface area contributed by atoms with Crippen LogP contribution >= 0.6 is 11.6 Å². The van der Waals surface area contributed by atoms with Gasteiger partial charge in [0.1, 0.15) is 5.75 Å². The van der Waals surface area contributed by atoms with E-state index in [1.807, 2.05) is 20.8 Å². The van der Waals surface area contributed by atoms with Crippen molar-refractivity contribution >= 4 is 11.6 Å². The van der Waals surface area contributed by atoms with Crippen molar-refractivity contribution in [1.82, 2.24) is 0 Å². The summed E-state index contributed by atoms with van der Waals surface area (Å²) >= 11 is 5.63. The summed E-state index contributed by atoms with van der Waals surface area (Å²) in [5.74, 6) is 0.157. The fourth-order valence-electron chi connectivity index (χ4n) is 1.03. The van der Waals surface area contributed by atoms with Crippen LogP contribution in [0.1, 0.15) is 26.3 Å². The SMILES string of the molecule is CC.CCc1ccc(Cl)cc1OC(F)F. The maximum absolute atomic E-state index is 11.9. The molecular weight excluding hydrogens is 222 g/mol. The molecule has 0 fully saturated rings. The van der Waals surface area contributed by atoms with E-state index in [-0.39, 0.29) is 5.75 Å². The van der Waals surface area contributed by atoms with E-state index in [2.05, 4.69) is 4.74 Å². The van der Waals surface area contributed by atoms with Gasteiger partial charge in [-0.15, -0.1) is 0 Å². The van der Waals surface area contributed by atoms with Crippen molar-refractivity contribution in [2.24, 2.45) is 0 Å². The number of ether oxygens (including phenoxy) is 1. The van der Waals surface area contributed by atoms with Gasteiger partial charge in [0.25, 0.3) is 0 Å². The zero-order valence-electron chi connectivity index (χ0n) is 9.06. The summed E-state index contributed by atoms with van der Waals surface area (Å²) in [6, 6.07) is 4.73. The Hall–Kier alpha value is -0.830. The molecule has 0 bridgehead atoms. The second-order valence-electron chi connectivity index (χ2n) is 2.48. The summed E-state index contributed by atoms with van der Waals surface area (Å²) in [5.41, 5.74) is 0.727. The van der Waals surface area contributed by atoms with Crippen molar-refractivity contribution in [1.29, 1.82) is 0 Å². The third-order valence-electron chi connectivity index (χ3n) is 1.63. The predicted molar refractivity (Wildman–Crippen MR) is 58.8 cm³/mol. The van der Waals surface area contributed by atoms with Crippen LogP contribution < -0.4 is 4.74 Å². The summed E-state index contributed by atoms with van der Waals surface area (Å²) < 4.78 is 28.1. The highest BCUT2D eigenvalue weighted by Crippen LogP contribution is 2.25. The van der Waals surface area contributed by atoms with Crippen molar-refractivity contribution < 1.29 is 13.5 Å². The smallest absolute Gasteiger partial charge is 0.387 e. The molecule has 0 aromatic heterocycles. The summed E-state index contributed by atoms with van der Waals surface area (Å²) in [6.07, 6.45) is 0.638. The van der Waals surface area contributed by atoms with Crippen LogP contribution in [0.5, 0.6) is 5.75 Å². The molecule has 0 aliphatic heterocycles. The Bertz CT molecular complexity index is 290. The number of hydrogen-bond acceptors (Lipinski definition) is 1. The van der Waals surface area contributed by atoms with Gasteiger partial charge in [-0.25, -0.2) is 0 Å². The molecular formula is C11H15ClF2O. The third kappa shape index (κ3) is 4.98. The highest BCUT2D eigenvalue weighted by molar-refractivity contribution is 6.30. The first kappa shape index (κ1) is 14.2. The van der Waals surface area contributed by atoms with Gasteiger partial charge in [-0.2, -0.15) is 8.78 Å². The van der Waals surface area contributed by atoms with Gasteiger partial charge < -0.3 is 4.74 Å². The summed E-state index contributed by atoms with van der Waals surface area (Å²) in [4.78, 5) is 0. The summed E-state index contributed by atoms with van der Waals surface area (Å²) in [6.45, 7) is 3.06. The van der Waals surface area contributed by atoms with Gasteiger partial charge in [-0.05, 0) is 24.1 Å². The fourth-order valence-corrected chi connectivity index (χ4v) is 1.19. The number of rotatable bonds is 3. The Morgan fingerprint density at radius 3 is 2.40 bits per heavy atom. The molecule has 1 nitrogen and oxygen atoms in total. The Labute approximate surface area is 94.0 Å². The topological polar surface area (TPSA) is 9.23 Å². The maximum atomic E-state index is 11.9. The lowest BCUT2D eigenvalue weighted by molar-refractivity contribution is -0.0504. The van der Waals surface area contributed by atoms with Crippen LogP contribution in [0.15, 0.2) is 18.2 Å². The van der Waals surface area contributed by atoms with Gasteiger partial charge in [0.15, 0.2) is 0 Å². The van der Waals surface area contributed by atoms with Crippen LogP contribution in [0, 0.1) is 0 Å². The second kappa shape index (κ2) is 7.46. The first-order chi connectivity index (χ1) is 7.13. The van der Waals surface area contributed by atoms with Gasteiger partial charge in [0.2, 0.25) is 0 Å². The normalized spacial score (nSPS) is 9.53. The van der Waals surface area contributed by atoms with Crippen molar-refractivity contribution in [3.8, 4) is 5.75 Å². The van der Waals surface area contributed by atoms with E-state index in [9.17, 15) is 8.78 Å². The van der Waals surface area contributed by atoms with E-state index in [0.29, 0.717) is 11.4 Å². The fraction of sp³-hybridized carbons (Fsp3) is 0.455. The minimum absolute atomic E-state index is 0.157. The molecule has 0 unspecified atom stereocenters. The molecule has 4 heteroatoms. The molecule has 0 aliphatic rings. The van der Waals surface area contributed by atoms with Crippen LogP contribution in [-0.2, 0) is 6.42 Å². The van der Waals surface area contributed by atoms with E-state index in [1.54, 1.807) is 12.1 Å². The van der Waals surface area contributed by atoms with Gasteiger partial charge >= 0.3 is 6.61 Å². The van der Waals surface area contributed by atoms with Crippen molar-refractivity contribution in [3.63, 3.8) is 0 Å². The molecule has 1 aromatic rings. The summed E-state index contributed by atoms with van der Waals surface area (Å²) in [7, 11) is 0. The number of aryl methyl sites for hydroxylation is 1. The average Bonchev–Trinajstić information content (AvgIpc) is 2.20. The third-order valence-corrected chi connectivity index (χ3v) is 1.86. The van der Waals surface area contributed by atoms with E-state index in [1.165, 1.54) is 6.07 Å². The monoisotopic (exact) mass is 236 g/mol. The molecule has 86 valence electrons. The molecule has 1 rings (SSSR count). The Balaban J connectivity index is 0.000000921. The highest BCUT2D eigenvalue weighted by atomic mass is 35.5. The van der Waals surface area contributed by atoms with E-state index >= 15 is 0 Å². The number of alkyl halides is 2. The molecule has 1 aromatic carbocycles. The van der Waals surface area contributed by atoms with Crippen LogP contribution in [-0.4, -0.2) is 6.61 Å². The molecule has 0 amide bonds. The zero-order valence-corrected chi connectivity index (χ0v) is 9.81. The zero-order chi connectivity index (χ0) is 11.8. The Morgan fingerprint density at radius 2 is 1.93 bits per heavy atom. The van der Waals surface area contributed by atoms with Crippen LogP contribution in [0.25, 0.3) is 0 Å². The van der Waals surface area contributed by atoms with E-state index in [4.69, 9.17) is 11.6 Å². The largest absolute Gasteiger partial charge is 0.434 e. The molecule has 0 saturated carbocycles. The lowest BCUT2D eigenvalue weighted by atomic mass is 10.1. The number of hydrogen-bond donors (Lipinski definition) is 0. The molecule has 0 aliphatic carbocycles. The number of halogens is 3. The Morgan fingerprint density at radius 1 is 1.33 bits per heavy atom. The quantitative estimate of drug-likeness (QED) is 0.749. The van der Waals surface area contributed by atoms with Crippen LogP contribution in [0.4, 0.5) is 8.78 Å². The van der Waals surface area contributed by atoms with Crippen molar-refractivity contribution in [2.75, 3.05) is 0 Å². The van der Waals surface area contributed by atoms with Gasteiger partial charge in [-0.3, -0.25) is 0 Å². The van der Waals surface area contributed by atoms with Gasteiger partial charge in [-0.1, -0.05) is 38.4 Å². The van der Waals surface area contributed by atoms with E-state index in [0.717, 1.165) is 5.56 Å². The molecule has 0 radical (unpaired) electrons. The number of benzene rings is 1. The summed E-state index contributed by atoms with van der Waals surface area (Å²) in [5, 5.41) is 0.396. The first-order valence-corrected chi connectivity index (χ1v) is 5.24. The standard InChI is InChI=1S/C9H9ClF2O.C2H6/c1-2-6-3-4-7(10)5-8(6)13-9(11)12;1-2/h3-5,9H,2H2,1H3;1-2H3. The van der Waals surface area contributed by atoms with Gasteiger partial charge in [0, 0.05) is 5.02 Å². The minimum Gasteiger partial charge on any atom is -0.434 e. The van der Waals surface area contributed by atoms with Crippen LogP contribution in [0.2, 0.25) is 5.02 Å². The maximum Gasteiger partial charge on any atom is 0.387 e. The molecule has 0 spiro atoms. The van der Waals surface area contributed by atoms with E-state index < -0.39 is 6.61 Å². The lowest BCUT2D eigenvalue weighted by Gasteiger charge is -2.09. The molecule has 0 saturated heterocycles. The predicted octanol–water partition coefficient (Wildman–Crippen LogP) is 4.53. The second-order valence-corrected chi connectivity index (χ2v) is 2.92. The van der Waals surface area contributed by atoms with Crippen molar-refractivity contribution in [2.45, 2.75) is 33.8 Å². The Kier molecular flexibility index (Phi) is 7.05. The molecule has 0 atom stereocenters. The van der Waals surface area contributed by atoms with Crippen molar-refractivity contribution in [3.05, 3.63) is 28.8 Å². The minimum atomic E-state index is -2.80.